The van der Waals surface area contributed by atoms with E-state index in [0.29, 0.717) is 5.69 Å². The van der Waals surface area contributed by atoms with Crippen molar-refractivity contribution in [1.29, 1.82) is 0 Å². The number of amides is 1. The average molecular weight is 593 g/mol. The van der Waals surface area contributed by atoms with Crippen LogP contribution in [0.5, 0.6) is 0 Å². The van der Waals surface area contributed by atoms with Crippen LogP contribution in [0.3, 0.4) is 0 Å². The van der Waals surface area contributed by atoms with Crippen LogP contribution in [0.4, 0.5) is 10.1 Å². The van der Waals surface area contributed by atoms with Gasteiger partial charge < -0.3 is 10.2 Å². The Labute approximate surface area is 210 Å². The lowest BCUT2D eigenvalue weighted by atomic mass is 9.73. The molecule has 6 rings (SSSR count). The van der Waals surface area contributed by atoms with E-state index in [1.165, 1.54) is 18.2 Å². The molecule has 176 valence electrons. The Morgan fingerprint density at radius 2 is 1.82 bits per heavy atom. The van der Waals surface area contributed by atoms with Crippen molar-refractivity contribution in [2.45, 2.75) is 36.7 Å². The van der Waals surface area contributed by atoms with Crippen LogP contribution >= 0.6 is 22.6 Å². The van der Waals surface area contributed by atoms with E-state index in [0.717, 1.165) is 28.4 Å². The summed E-state index contributed by atoms with van der Waals surface area (Å²) in [5, 5.41) is 2.98. The zero-order chi connectivity index (χ0) is 23.8. The molecule has 2 aromatic rings. The number of carbonyl (C=O) groups is 2. The number of sulfonamides is 1. The summed E-state index contributed by atoms with van der Waals surface area (Å²) in [6.07, 6.45) is 2.79. The van der Waals surface area contributed by atoms with Crippen molar-refractivity contribution in [3.05, 3.63) is 57.4 Å². The summed E-state index contributed by atoms with van der Waals surface area (Å²) in [5.74, 6) is -2.39. The molecule has 1 saturated heterocycles. The third-order valence-electron chi connectivity index (χ3n) is 7.62. The Kier molecular flexibility index (Phi) is 5.11. The standard InChI is InChI=1S/C24H21FIN3O4S/c25-15-5-1-12(2-6-15)11-29-21-14-4-3-13(9-14)19(21)22(30)20(24(29)31)23-27-17-8-7-16(26)10-18(17)34(32,33)28-23/h1-2,5-8,10,13-14,19-21H,3-4,9,11H2,(H,27,28)/t13-,14+,19+,20?,21-/m0/s1. The number of piperidine rings is 1. The summed E-state index contributed by atoms with van der Waals surface area (Å²) in [4.78, 5) is 29.3. The van der Waals surface area contributed by atoms with Crippen molar-refractivity contribution < 1.29 is 22.4 Å². The molecule has 0 spiro atoms. The molecule has 4 aliphatic rings. The third kappa shape index (κ3) is 3.40. The molecule has 1 N–H and O–H groups in total. The first-order chi connectivity index (χ1) is 16.2. The summed E-state index contributed by atoms with van der Waals surface area (Å²) in [6, 6.07) is 10.6. The molecular formula is C24H21FIN3O4S. The number of anilines is 1. The zero-order valence-corrected chi connectivity index (χ0v) is 20.9. The number of carbonyl (C=O) groups excluding carboxylic acids is 2. The second-order valence-corrected chi connectivity index (χ2v) is 12.3. The van der Waals surface area contributed by atoms with E-state index in [-0.39, 0.29) is 52.7 Å². The van der Waals surface area contributed by atoms with Crippen LogP contribution in [0.1, 0.15) is 24.8 Å². The van der Waals surface area contributed by atoms with Crippen LogP contribution in [-0.4, -0.2) is 36.9 Å². The van der Waals surface area contributed by atoms with E-state index in [1.54, 1.807) is 29.2 Å². The molecule has 2 aliphatic carbocycles. The van der Waals surface area contributed by atoms with Gasteiger partial charge in [0.2, 0.25) is 5.91 Å². The highest BCUT2D eigenvalue weighted by atomic mass is 127. The number of nitrogens with one attached hydrogen (secondary N) is 1. The van der Waals surface area contributed by atoms with Gasteiger partial charge in [-0.2, -0.15) is 8.42 Å². The van der Waals surface area contributed by atoms with Gasteiger partial charge in [0, 0.05) is 22.1 Å². The van der Waals surface area contributed by atoms with Crippen molar-refractivity contribution in [1.82, 2.24) is 4.90 Å². The van der Waals surface area contributed by atoms with Gasteiger partial charge in [-0.1, -0.05) is 12.1 Å². The van der Waals surface area contributed by atoms with Crippen molar-refractivity contribution in [2.24, 2.45) is 28.1 Å². The van der Waals surface area contributed by atoms with E-state index in [4.69, 9.17) is 0 Å². The number of rotatable bonds is 3. The molecule has 3 fully saturated rings. The van der Waals surface area contributed by atoms with Crippen LogP contribution in [0.2, 0.25) is 0 Å². The molecule has 2 aliphatic heterocycles. The molecule has 34 heavy (non-hydrogen) atoms. The number of fused-ring (bicyclic) bond motifs is 6. The quantitative estimate of drug-likeness (QED) is 0.434. The van der Waals surface area contributed by atoms with E-state index in [1.807, 2.05) is 22.6 Å². The molecule has 1 amide bonds. The van der Waals surface area contributed by atoms with E-state index in [9.17, 15) is 22.4 Å². The highest BCUT2D eigenvalue weighted by Gasteiger charge is 2.60. The van der Waals surface area contributed by atoms with Crippen molar-refractivity contribution in [2.75, 3.05) is 5.32 Å². The van der Waals surface area contributed by atoms with Gasteiger partial charge in [-0.25, -0.2) is 4.39 Å². The first-order valence-electron chi connectivity index (χ1n) is 11.2. The molecule has 2 aromatic carbocycles. The monoisotopic (exact) mass is 593 g/mol. The highest BCUT2D eigenvalue weighted by Crippen LogP contribution is 2.54. The molecule has 2 heterocycles. The topological polar surface area (TPSA) is 95.9 Å². The fourth-order valence-electron chi connectivity index (χ4n) is 6.24. The molecule has 2 saturated carbocycles. The predicted molar refractivity (Wildman–Crippen MR) is 131 cm³/mol. The fraction of sp³-hybridized carbons (Fsp3) is 0.375. The summed E-state index contributed by atoms with van der Waals surface area (Å²) in [5.41, 5.74) is 1.07. The van der Waals surface area contributed by atoms with Gasteiger partial charge in [0.05, 0.1) is 5.69 Å². The Morgan fingerprint density at radius 1 is 1.09 bits per heavy atom. The van der Waals surface area contributed by atoms with E-state index in [2.05, 4.69) is 9.71 Å². The molecule has 2 bridgehead atoms. The first kappa shape index (κ1) is 22.1. The van der Waals surface area contributed by atoms with Gasteiger partial charge in [-0.3, -0.25) is 9.59 Å². The van der Waals surface area contributed by atoms with Gasteiger partial charge in [0.1, 0.15) is 16.5 Å². The molecule has 7 nitrogen and oxygen atoms in total. The van der Waals surface area contributed by atoms with Crippen LogP contribution in [-0.2, 0) is 26.2 Å². The zero-order valence-electron chi connectivity index (χ0n) is 17.9. The maximum Gasteiger partial charge on any atom is 0.286 e. The van der Waals surface area contributed by atoms with E-state index < -0.39 is 21.8 Å². The van der Waals surface area contributed by atoms with Gasteiger partial charge in [-0.15, -0.1) is 4.40 Å². The predicted octanol–water partition coefficient (Wildman–Crippen LogP) is 3.59. The maximum absolute atomic E-state index is 13.8. The average Bonchev–Trinajstić information content (AvgIpc) is 3.40. The number of halogens is 2. The largest absolute Gasteiger partial charge is 0.341 e. The molecule has 10 heteroatoms. The van der Waals surface area contributed by atoms with Crippen LogP contribution in [0, 0.1) is 33.1 Å². The molecule has 0 aromatic heterocycles. The second kappa shape index (κ2) is 7.84. The minimum absolute atomic E-state index is 0.0276. The van der Waals surface area contributed by atoms with Crippen molar-refractivity contribution in [3.63, 3.8) is 0 Å². The number of likely N-dealkylation sites (tertiary alicyclic amines) is 1. The summed E-state index contributed by atoms with van der Waals surface area (Å²) < 4.78 is 44.0. The Balaban J connectivity index is 1.41. The van der Waals surface area contributed by atoms with Gasteiger partial charge in [0.25, 0.3) is 10.0 Å². The fourth-order valence-corrected chi connectivity index (χ4v) is 8.12. The number of amidine groups is 1. The summed E-state index contributed by atoms with van der Waals surface area (Å²) >= 11 is 2.02. The van der Waals surface area contributed by atoms with Crippen LogP contribution < -0.4 is 5.32 Å². The molecule has 5 atom stereocenters. The van der Waals surface area contributed by atoms with Gasteiger partial charge in [0.15, 0.2) is 11.7 Å². The maximum atomic E-state index is 13.8. The lowest BCUT2D eigenvalue weighted by Crippen LogP contribution is -2.61. The minimum Gasteiger partial charge on any atom is -0.341 e. The van der Waals surface area contributed by atoms with Crippen molar-refractivity contribution in [3.8, 4) is 0 Å². The molecule has 0 radical (unpaired) electrons. The number of benzene rings is 2. The number of ketones is 1. The second-order valence-electron chi connectivity index (χ2n) is 9.49. The Hall–Kier alpha value is -2.34. The van der Waals surface area contributed by atoms with Crippen LogP contribution in [0.25, 0.3) is 0 Å². The summed E-state index contributed by atoms with van der Waals surface area (Å²) in [6.45, 7) is 0.238. The Bertz CT molecular complexity index is 1360. The number of nitrogens with zero attached hydrogens (tertiary/aromatic N) is 2. The Morgan fingerprint density at radius 3 is 2.59 bits per heavy atom. The summed E-state index contributed by atoms with van der Waals surface area (Å²) in [7, 11) is -4.07. The third-order valence-corrected chi connectivity index (χ3v) is 9.62. The minimum atomic E-state index is -4.07. The van der Waals surface area contributed by atoms with E-state index >= 15 is 0 Å². The number of hydrogen-bond acceptors (Lipinski definition) is 5. The smallest absolute Gasteiger partial charge is 0.286 e. The van der Waals surface area contributed by atoms with Crippen molar-refractivity contribution >= 4 is 55.8 Å². The molecular weight excluding hydrogens is 572 g/mol. The van der Waals surface area contributed by atoms with Gasteiger partial charge >= 0.3 is 0 Å². The normalized spacial score (nSPS) is 31.1. The lowest BCUT2D eigenvalue weighted by Gasteiger charge is -2.45. The van der Waals surface area contributed by atoms with Crippen LogP contribution in [0.15, 0.2) is 51.8 Å². The number of hydrogen-bond donors (Lipinski definition) is 1. The highest BCUT2D eigenvalue weighted by molar-refractivity contribution is 14.1. The SMILES string of the molecule is O=C1C(C2=NS(=O)(=O)c3cc(I)ccc3N2)C(=O)N(Cc2ccc(F)cc2)[C@H]2[C@@H]3CC[C@@H](C3)[C@@H]12. The first-order valence-corrected chi connectivity index (χ1v) is 13.7. The van der Waals surface area contributed by atoms with Gasteiger partial charge in [-0.05, 0) is 89.6 Å². The lowest BCUT2D eigenvalue weighted by molar-refractivity contribution is -0.153. The molecule has 1 unspecified atom stereocenters. The number of Topliss-reactive ketones (excluding diaryl/α,β-unsaturated/α-hetero) is 1.